The molecule has 5 heteroatoms. The Morgan fingerprint density at radius 3 is 2.61 bits per heavy atom. The maximum absolute atomic E-state index is 12.2. The van der Waals surface area contributed by atoms with E-state index in [9.17, 15) is 4.79 Å². The fourth-order valence-electron chi connectivity index (χ4n) is 2.38. The molecule has 1 aliphatic heterocycles. The summed E-state index contributed by atoms with van der Waals surface area (Å²) in [5.41, 5.74) is 1.85. The quantitative estimate of drug-likeness (QED) is 0.641. The van der Waals surface area contributed by atoms with E-state index >= 15 is 0 Å². The zero-order chi connectivity index (χ0) is 16.2. The molecule has 1 heterocycles. The number of hydrogen-bond donors (Lipinski definition) is 0. The molecular weight excluding hydrogens is 296 g/mol. The molecule has 0 saturated carbocycles. The molecule has 0 amide bonds. The van der Waals surface area contributed by atoms with Crippen LogP contribution in [0.1, 0.15) is 11.1 Å². The molecule has 0 aromatic heterocycles. The molecule has 2 aromatic rings. The lowest BCUT2D eigenvalue weighted by atomic mass is 10.1. The predicted octanol–water partition coefficient (Wildman–Crippen LogP) is 2.92. The second-order valence-electron chi connectivity index (χ2n) is 5.28. The van der Waals surface area contributed by atoms with E-state index in [2.05, 4.69) is 0 Å². The molecule has 2 aromatic carbocycles. The number of benzene rings is 2. The third-order valence-corrected chi connectivity index (χ3v) is 3.50. The average Bonchev–Trinajstić information content (AvgIpc) is 2.56. The predicted molar refractivity (Wildman–Crippen MR) is 84.5 cm³/mol. The van der Waals surface area contributed by atoms with Crippen LogP contribution in [0, 0.1) is 6.92 Å². The van der Waals surface area contributed by atoms with Gasteiger partial charge in [0.05, 0.1) is 13.5 Å². The number of aryl methyl sites for hydroxylation is 1. The van der Waals surface area contributed by atoms with Gasteiger partial charge in [0.15, 0.2) is 23.0 Å². The third kappa shape index (κ3) is 3.56. The van der Waals surface area contributed by atoms with Crippen molar-refractivity contribution in [3.05, 3.63) is 47.5 Å². The van der Waals surface area contributed by atoms with Crippen LogP contribution in [0.2, 0.25) is 0 Å². The summed E-state index contributed by atoms with van der Waals surface area (Å²) in [4.78, 5) is 12.2. The number of fused-ring (bicyclic) bond motifs is 1. The number of rotatable bonds is 4. The SMILES string of the molecule is COc1cc(C)ccc1OC(=O)Cc1ccc2c(c1)OCCO2. The standard InChI is InChI=1S/C18H18O5/c1-12-3-5-15(16(9-12)20-2)23-18(19)11-13-4-6-14-17(10-13)22-8-7-21-14/h3-6,9-10H,7-8,11H2,1-2H3. The lowest BCUT2D eigenvalue weighted by Gasteiger charge is -2.18. The van der Waals surface area contributed by atoms with Gasteiger partial charge in [0.2, 0.25) is 0 Å². The van der Waals surface area contributed by atoms with E-state index in [0.717, 1.165) is 11.1 Å². The van der Waals surface area contributed by atoms with Gasteiger partial charge in [-0.1, -0.05) is 12.1 Å². The van der Waals surface area contributed by atoms with Gasteiger partial charge >= 0.3 is 5.97 Å². The first-order chi connectivity index (χ1) is 11.2. The Morgan fingerprint density at radius 2 is 1.83 bits per heavy atom. The minimum Gasteiger partial charge on any atom is -0.493 e. The zero-order valence-corrected chi connectivity index (χ0v) is 13.1. The number of esters is 1. The molecule has 0 saturated heterocycles. The molecule has 0 unspecified atom stereocenters. The Balaban J connectivity index is 1.70. The Labute approximate surface area is 134 Å². The summed E-state index contributed by atoms with van der Waals surface area (Å²) < 4.78 is 21.6. The van der Waals surface area contributed by atoms with E-state index in [4.69, 9.17) is 18.9 Å². The van der Waals surface area contributed by atoms with Crippen molar-refractivity contribution in [1.82, 2.24) is 0 Å². The fourth-order valence-corrected chi connectivity index (χ4v) is 2.38. The van der Waals surface area contributed by atoms with Crippen LogP contribution in [-0.2, 0) is 11.2 Å². The van der Waals surface area contributed by atoms with E-state index in [-0.39, 0.29) is 12.4 Å². The van der Waals surface area contributed by atoms with E-state index in [0.29, 0.717) is 36.2 Å². The lowest BCUT2D eigenvalue weighted by Crippen LogP contribution is -2.16. The zero-order valence-electron chi connectivity index (χ0n) is 13.1. The van der Waals surface area contributed by atoms with Crippen LogP contribution in [0.3, 0.4) is 0 Å². The summed E-state index contributed by atoms with van der Waals surface area (Å²) in [5, 5.41) is 0. The molecule has 0 bridgehead atoms. The van der Waals surface area contributed by atoms with E-state index in [1.807, 2.05) is 37.3 Å². The van der Waals surface area contributed by atoms with Crippen LogP contribution in [0.4, 0.5) is 0 Å². The van der Waals surface area contributed by atoms with Crippen molar-refractivity contribution >= 4 is 5.97 Å². The lowest BCUT2D eigenvalue weighted by molar-refractivity contribution is -0.133. The van der Waals surface area contributed by atoms with Gasteiger partial charge in [-0.3, -0.25) is 4.79 Å². The van der Waals surface area contributed by atoms with Gasteiger partial charge in [0, 0.05) is 0 Å². The van der Waals surface area contributed by atoms with Gasteiger partial charge in [-0.25, -0.2) is 0 Å². The highest BCUT2D eigenvalue weighted by molar-refractivity contribution is 5.76. The van der Waals surface area contributed by atoms with Gasteiger partial charge in [0.25, 0.3) is 0 Å². The molecule has 3 rings (SSSR count). The molecule has 0 spiro atoms. The number of carbonyl (C=O) groups excluding carboxylic acids is 1. The van der Waals surface area contributed by atoms with Crippen molar-refractivity contribution in [3.8, 4) is 23.0 Å². The first-order valence-electron chi connectivity index (χ1n) is 7.39. The van der Waals surface area contributed by atoms with Crippen molar-refractivity contribution in [2.75, 3.05) is 20.3 Å². The highest BCUT2D eigenvalue weighted by Gasteiger charge is 2.15. The van der Waals surface area contributed by atoms with Gasteiger partial charge in [-0.05, 0) is 42.3 Å². The molecule has 1 aliphatic rings. The van der Waals surface area contributed by atoms with E-state index < -0.39 is 0 Å². The topological polar surface area (TPSA) is 54.0 Å². The van der Waals surface area contributed by atoms with Crippen LogP contribution in [0.25, 0.3) is 0 Å². The van der Waals surface area contributed by atoms with Crippen LogP contribution in [-0.4, -0.2) is 26.3 Å². The Hall–Kier alpha value is -2.69. The Bertz CT molecular complexity index is 723. The molecule has 0 atom stereocenters. The van der Waals surface area contributed by atoms with Gasteiger partial charge < -0.3 is 18.9 Å². The number of hydrogen-bond acceptors (Lipinski definition) is 5. The minimum atomic E-state index is -0.358. The van der Waals surface area contributed by atoms with Crippen molar-refractivity contribution in [2.24, 2.45) is 0 Å². The van der Waals surface area contributed by atoms with Gasteiger partial charge in [-0.2, -0.15) is 0 Å². The Kier molecular flexibility index (Phi) is 4.37. The fraction of sp³-hybridized carbons (Fsp3) is 0.278. The average molecular weight is 314 g/mol. The van der Waals surface area contributed by atoms with Crippen LogP contribution >= 0.6 is 0 Å². The summed E-state index contributed by atoms with van der Waals surface area (Å²) in [5.74, 6) is 1.97. The molecule has 0 N–H and O–H groups in total. The summed E-state index contributed by atoms with van der Waals surface area (Å²) in [6, 6.07) is 10.9. The monoisotopic (exact) mass is 314 g/mol. The molecule has 120 valence electrons. The maximum atomic E-state index is 12.2. The summed E-state index contributed by atoms with van der Waals surface area (Å²) in [6.07, 6.45) is 0.146. The third-order valence-electron chi connectivity index (χ3n) is 3.50. The first kappa shape index (κ1) is 15.2. The number of methoxy groups -OCH3 is 1. The molecule has 0 aliphatic carbocycles. The van der Waals surface area contributed by atoms with Crippen LogP contribution in [0.5, 0.6) is 23.0 Å². The maximum Gasteiger partial charge on any atom is 0.315 e. The van der Waals surface area contributed by atoms with E-state index in [1.165, 1.54) is 0 Å². The van der Waals surface area contributed by atoms with Gasteiger partial charge in [-0.15, -0.1) is 0 Å². The van der Waals surface area contributed by atoms with Gasteiger partial charge in [0.1, 0.15) is 13.2 Å². The first-order valence-corrected chi connectivity index (χ1v) is 7.39. The second-order valence-corrected chi connectivity index (χ2v) is 5.28. The minimum absolute atomic E-state index is 0.146. The molecule has 0 radical (unpaired) electrons. The summed E-state index contributed by atoms with van der Waals surface area (Å²) in [6.45, 7) is 3.01. The molecular formula is C18H18O5. The number of carbonyl (C=O) groups is 1. The second kappa shape index (κ2) is 6.60. The largest absolute Gasteiger partial charge is 0.493 e. The highest BCUT2D eigenvalue weighted by atomic mass is 16.6. The van der Waals surface area contributed by atoms with Crippen LogP contribution < -0.4 is 18.9 Å². The van der Waals surface area contributed by atoms with Crippen molar-refractivity contribution in [1.29, 1.82) is 0 Å². The highest BCUT2D eigenvalue weighted by Crippen LogP contribution is 2.31. The molecule has 0 fully saturated rings. The van der Waals surface area contributed by atoms with Crippen molar-refractivity contribution in [3.63, 3.8) is 0 Å². The molecule has 23 heavy (non-hydrogen) atoms. The van der Waals surface area contributed by atoms with E-state index in [1.54, 1.807) is 13.2 Å². The van der Waals surface area contributed by atoms with Crippen molar-refractivity contribution < 1.29 is 23.7 Å². The number of ether oxygens (including phenoxy) is 4. The normalized spacial score (nSPS) is 12.6. The Morgan fingerprint density at radius 1 is 1.04 bits per heavy atom. The summed E-state index contributed by atoms with van der Waals surface area (Å²) >= 11 is 0. The van der Waals surface area contributed by atoms with Crippen molar-refractivity contribution in [2.45, 2.75) is 13.3 Å². The summed E-state index contributed by atoms with van der Waals surface area (Å²) in [7, 11) is 1.55. The smallest absolute Gasteiger partial charge is 0.315 e. The van der Waals surface area contributed by atoms with Crippen LogP contribution in [0.15, 0.2) is 36.4 Å². The molecule has 5 nitrogen and oxygen atoms in total.